The maximum atomic E-state index is 15.5. The molecule has 0 N–H and O–H groups in total. The molecule has 4 nitrogen and oxygen atoms in total. The molecule has 0 amide bonds. The molecule has 238 valence electrons. The second kappa shape index (κ2) is 9.76. The van der Waals surface area contributed by atoms with Gasteiger partial charge in [-0.15, -0.1) is 6.58 Å². The summed E-state index contributed by atoms with van der Waals surface area (Å²) in [5.74, 6) is 0.857. The van der Waals surface area contributed by atoms with Gasteiger partial charge in [-0.2, -0.15) is 4.57 Å². The van der Waals surface area contributed by atoms with E-state index in [0.717, 1.165) is 62.0 Å². The molecule has 1 spiro atoms. The fourth-order valence-electron chi connectivity index (χ4n) is 9.88. The minimum atomic E-state index is -0.429. The number of furan rings is 1. The Morgan fingerprint density at radius 2 is 1.64 bits per heavy atom. The molecule has 0 radical (unpaired) electrons. The molecule has 0 saturated heterocycles. The number of rotatable bonds is 3. The summed E-state index contributed by atoms with van der Waals surface area (Å²) in [7, 11) is 0. The quantitative estimate of drug-likeness (QED) is 0.139. The molecule has 1 fully saturated rings. The number of para-hydroxylation sites is 2. The molecular weight excluding hydrogens is 618 g/mol. The lowest BCUT2D eigenvalue weighted by molar-refractivity contribution is -0.760. The highest BCUT2D eigenvalue weighted by molar-refractivity contribution is 6.12. The minimum absolute atomic E-state index is 0.0148. The van der Waals surface area contributed by atoms with Gasteiger partial charge in [-0.3, -0.25) is 4.99 Å². The molecule has 1 saturated carbocycles. The molecule has 8 aromatic rings. The van der Waals surface area contributed by atoms with Crippen LogP contribution >= 0.6 is 0 Å². The van der Waals surface area contributed by atoms with Crippen LogP contribution in [0.25, 0.3) is 60.8 Å². The number of hydrogen-bond acceptors (Lipinski definition) is 2. The summed E-state index contributed by atoms with van der Waals surface area (Å²) in [6.07, 6.45) is 4.75. The van der Waals surface area contributed by atoms with E-state index in [2.05, 4.69) is 131 Å². The van der Waals surface area contributed by atoms with E-state index < -0.39 is 5.54 Å². The monoisotopic (exact) mass is 648 g/mol. The van der Waals surface area contributed by atoms with Gasteiger partial charge in [0, 0.05) is 28.7 Å². The van der Waals surface area contributed by atoms with E-state index in [4.69, 9.17) is 9.41 Å². The summed E-state index contributed by atoms with van der Waals surface area (Å²) in [5, 5.41) is 3.61. The first-order valence-corrected chi connectivity index (χ1v) is 17.2. The summed E-state index contributed by atoms with van der Waals surface area (Å²) in [5.41, 5.74) is 9.66. The van der Waals surface area contributed by atoms with Gasteiger partial charge < -0.3 is 4.42 Å². The van der Waals surface area contributed by atoms with E-state index in [0.29, 0.717) is 16.6 Å². The molecule has 2 aromatic heterocycles. The van der Waals surface area contributed by atoms with Crippen LogP contribution in [0.4, 0.5) is 4.39 Å². The third-order valence-electron chi connectivity index (χ3n) is 11.7. The summed E-state index contributed by atoms with van der Waals surface area (Å²) in [4.78, 5) is 5.36. The number of aliphatic imine (C=N–C) groups is 1. The molecule has 1 aliphatic carbocycles. The highest BCUT2D eigenvalue weighted by Gasteiger charge is 2.70. The van der Waals surface area contributed by atoms with E-state index >= 15 is 4.39 Å². The molecule has 2 aliphatic heterocycles. The highest BCUT2D eigenvalue weighted by atomic mass is 19.1. The number of nitrogens with zero attached hydrogens (tertiary/aromatic N) is 3. The van der Waals surface area contributed by atoms with Crippen molar-refractivity contribution in [3.05, 3.63) is 169 Å². The van der Waals surface area contributed by atoms with Gasteiger partial charge in [0.25, 0.3) is 5.82 Å². The SMILES string of the molecule is C=CC1=NC2C(C=C)C3(Cc4ccc5c(oc6cccc(F)c65)c4-c4n(-c5cccc6ccccc56)c5ccccc5[n+]43)C2c2ccccc21. The largest absolute Gasteiger partial charge is 0.455 e. The second-order valence-electron chi connectivity index (χ2n) is 13.9. The number of fused-ring (bicyclic) bond motifs is 15. The molecule has 5 heteroatoms. The Balaban J connectivity index is 1.34. The van der Waals surface area contributed by atoms with Crippen LogP contribution in [0.5, 0.6) is 0 Å². The zero-order valence-corrected chi connectivity index (χ0v) is 27.2. The van der Waals surface area contributed by atoms with Crippen LogP contribution in [0.1, 0.15) is 22.6 Å². The molecule has 0 bridgehead atoms. The Hall–Kier alpha value is -6.07. The zero-order chi connectivity index (χ0) is 33.3. The number of allylic oxidation sites excluding steroid dienone is 1. The topological polar surface area (TPSA) is 34.3 Å². The van der Waals surface area contributed by atoms with Gasteiger partial charge in [-0.25, -0.2) is 8.96 Å². The number of imidazole rings is 1. The third-order valence-corrected chi connectivity index (χ3v) is 11.7. The maximum absolute atomic E-state index is 15.5. The molecule has 11 rings (SSSR count). The van der Waals surface area contributed by atoms with Crippen LogP contribution < -0.4 is 4.57 Å². The summed E-state index contributed by atoms with van der Waals surface area (Å²) in [6.45, 7) is 8.60. The molecule has 4 atom stereocenters. The van der Waals surface area contributed by atoms with Crippen molar-refractivity contribution in [3.8, 4) is 17.1 Å². The van der Waals surface area contributed by atoms with Crippen LogP contribution in [-0.4, -0.2) is 16.3 Å². The Kier molecular flexibility index (Phi) is 5.43. The van der Waals surface area contributed by atoms with E-state index in [9.17, 15) is 0 Å². The van der Waals surface area contributed by atoms with Crippen molar-refractivity contribution in [1.82, 2.24) is 4.57 Å². The fraction of sp³-hybridized carbons (Fsp3) is 0.111. The van der Waals surface area contributed by atoms with Crippen LogP contribution in [-0.2, 0) is 12.0 Å². The Morgan fingerprint density at radius 3 is 2.54 bits per heavy atom. The first-order valence-electron chi connectivity index (χ1n) is 17.2. The van der Waals surface area contributed by atoms with Crippen molar-refractivity contribution < 1.29 is 13.4 Å². The molecule has 3 aliphatic rings. The van der Waals surface area contributed by atoms with Gasteiger partial charge in [0.1, 0.15) is 28.2 Å². The van der Waals surface area contributed by atoms with Gasteiger partial charge in [0.2, 0.25) is 0 Å². The van der Waals surface area contributed by atoms with Gasteiger partial charge in [0.05, 0.1) is 23.1 Å². The van der Waals surface area contributed by atoms with Crippen LogP contribution in [0.15, 0.2) is 156 Å². The molecule has 4 heterocycles. The average Bonchev–Trinajstić information content (AvgIpc) is 3.71. The Labute approximate surface area is 287 Å². The number of benzene rings is 6. The van der Waals surface area contributed by atoms with Crippen molar-refractivity contribution in [2.75, 3.05) is 0 Å². The number of halogens is 1. The van der Waals surface area contributed by atoms with Crippen molar-refractivity contribution in [2.45, 2.75) is 23.9 Å². The second-order valence-corrected chi connectivity index (χ2v) is 13.9. The van der Waals surface area contributed by atoms with Crippen LogP contribution in [0, 0.1) is 11.7 Å². The van der Waals surface area contributed by atoms with Crippen LogP contribution in [0.2, 0.25) is 0 Å². The van der Waals surface area contributed by atoms with E-state index in [-0.39, 0.29) is 23.7 Å². The lowest BCUT2D eigenvalue weighted by atomic mass is 9.48. The first-order chi connectivity index (χ1) is 24.6. The van der Waals surface area contributed by atoms with Crippen molar-refractivity contribution in [3.63, 3.8) is 0 Å². The Morgan fingerprint density at radius 1 is 0.840 bits per heavy atom. The van der Waals surface area contributed by atoms with Crippen LogP contribution in [0.3, 0.4) is 0 Å². The Bertz CT molecular complexity index is 2830. The standard InChI is InChI=1S/C45H31FN3O/c1-3-32-42-41(30-17-8-7-16-29(30)34(4-2)47-42)45(32)25-27-23-24-31-40-33(46)18-12-22-38(40)50-43(31)39(27)44-48(36-19-9-10-20-37(36)49(44)45)35-21-11-14-26-13-5-6-15-28(26)35/h3-24,32,41-42H,1-2,25H2/q+1. The average molecular weight is 649 g/mol. The predicted octanol–water partition coefficient (Wildman–Crippen LogP) is 9.98. The molecule has 6 aromatic carbocycles. The number of aromatic nitrogens is 2. The smallest absolute Gasteiger partial charge is 0.299 e. The minimum Gasteiger partial charge on any atom is -0.455 e. The van der Waals surface area contributed by atoms with E-state index in [1.165, 1.54) is 17.2 Å². The normalized spacial score (nSPS) is 21.8. The van der Waals surface area contributed by atoms with Gasteiger partial charge in [0.15, 0.2) is 16.6 Å². The van der Waals surface area contributed by atoms with Gasteiger partial charge >= 0.3 is 0 Å². The van der Waals surface area contributed by atoms with Gasteiger partial charge in [-0.1, -0.05) is 104 Å². The number of hydrogen-bond donors (Lipinski definition) is 0. The molecule has 50 heavy (non-hydrogen) atoms. The summed E-state index contributed by atoms with van der Waals surface area (Å²) >= 11 is 0. The fourth-order valence-corrected chi connectivity index (χ4v) is 9.88. The van der Waals surface area contributed by atoms with Gasteiger partial charge in [-0.05, 0) is 52.9 Å². The first kappa shape index (κ1) is 27.8. The lowest BCUT2D eigenvalue weighted by Crippen LogP contribution is -2.77. The maximum Gasteiger partial charge on any atom is 0.299 e. The molecule has 4 unspecified atom stereocenters. The summed E-state index contributed by atoms with van der Waals surface area (Å²) < 4.78 is 27.3. The van der Waals surface area contributed by atoms with Crippen molar-refractivity contribution in [2.24, 2.45) is 10.9 Å². The highest BCUT2D eigenvalue weighted by Crippen LogP contribution is 2.62. The van der Waals surface area contributed by atoms with E-state index in [1.54, 1.807) is 6.07 Å². The van der Waals surface area contributed by atoms with Crippen molar-refractivity contribution >= 4 is 49.5 Å². The summed E-state index contributed by atoms with van der Waals surface area (Å²) in [6, 6.07) is 41.8. The van der Waals surface area contributed by atoms with E-state index in [1.807, 2.05) is 12.1 Å². The zero-order valence-electron chi connectivity index (χ0n) is 27.2. The third kappa shape index (κ3) is 3.25. The molecular formula is C45H31FN3O+. The van der Waals surface area contributed by atoms with Crippen molar-refractivity contribution in [1.29, 1.82) is 0 Å². The lowest BCUT2D eigenvalue weighted by Gasteiger charge is -2.59. The predicted molar refractivity (Wildman–Crippen MR) is 199 cm³/mol.